The molecule has 1 unspecified atom stereocenters. The van der Waals surface area contributed by atoms with Gasteiger partial charge in [-0.2, -0.15) is 5.10 Å². The molecule has 0 N–H and O–H groups in total. The van der Waals surface area contributed by atoms with Crippen LogP contribution in [0.1, 0.15) is 6.92 Å². The molecule has 1 aliphatic heterocycles. The topological polar surface area (TPSA) is 32.3 Å². The number of nitrogens with zero attached hydrogens (tertiary/aromatic N) is 4. The van der Waals surface area contributed by atoms with Gasteiger partial charge >= 0.3 is 0 Å². The summed E-state index contributed by atoms with van der Waals surface area (Å²) in [7, 11) is 2.14. The third kappa shape index (κ3) is 2.38. The van der Waals surface area contributed by atoms with Crippen molar-refractivity contribution in [3.63, 3.8) is 0 Å². The van der Waals surface area contributed by atoms with Crippen LogP contribution in [0.15, 0.2) is 12.3 Å². The van der Waals surface area contributed by atoms with Crippen LogP contribution >= 0.6 is 11.6 Å². The Morgan fingerprint density at radius 1 is 1.47 bits per heavy atom. The summed E-state index contributed by atoms with van der Waals surface area (Å²) >= 11 is 5.83. The van der Waals surface area contributed by atoms with Gasteiger partial charge in [0.25, 0.3) is 0 Å². The Labute approximate surface area is 94.8 Å². The maximum absolute atomic E-state index is 5.83. The molecule has 0 saturated carbocycles. The molecule has 5 heteroatoms. The first kappa shape index (κ1) is 10.6. The number of rotatable bonds is 1. The van der Waals surface area contributed by atoms with Crippen molar-refractivity contribution in [2.75, 3.05) is 31.6 Å². The van der Waals surface area contributed by atoms with Crippen LogP contribution in [0.25, 0.3) is 0 Å². The molecule has 0 radical (unpaired) electrons. The molecule has 1 aliphatic rings. The van der Waals surface area contributed by atoms with Gasteiger partial charge in [0.2, 0.25) is 0 Å². The van der Waals surface area contributed by atoms with Crippen molar-refractivity contribution in [3.8, 4) is 0 Å². The van der Waals surface area contributed by atoms with Gasteiger partial charge in [0, 0.05) is 31.7 Å². The molecule has 0 spiro atoms. The molecular weight excluding hydrogens is 212 g/mol. The third-order valence-electron chi connectivity index (χ3n) is 2.77. The van der Waals surface area contributed by atoms with Gasteiger partial charge in [-0.25, -0.2) is 0 Å². The van der Waals surface area contributed by atoms with E-state index in [2.05, 4.69) is 34.0 Å². The molecule has 1 fully saturated rings. The Morgan fingerprint density at radius 3 is 2.93 bits per heavy atom. The number of halogens is 1. The summed E-state index contributed by atoms with van der Waals surface area (Å²) in [4.78, 5) is 4.65. The fourth-order valence-corrected chi connectivity index (χ4v) is 2.17. The molecule has 15 heavy (non-hydrogen) atoms. The minimum absolute atomic E-state index is 0.457. The molecule has 2 heterocycles. The quantitative estimate of drug-likeness (QED) is 0.722. The molecule has 1 saturated heterocycles. The Bertz CT molecular complexity index is 344. The fourth-order valence-electron chi connectivity index (χ4n) is 2.01. The van der Waals surface area contributed by atoms with E-state index in [1.54, 1.807) is 6.20 Å². The Morgan fingerprint density at radius 2 is 2.27 bits per heavy atom. The Hall–Kier alpha value is -0.870. The summed E-state index contributed by atoms with van der Waals surface area (Å²) in [5.41, 5.74) is 1.07. The van der Waals surface area contributed by atoms with E-state index in [9.17, 15) is 0 Å². The van der Waals surface area contributed by atoms with Crippen molar-refractivity contribution in [1.82, 2.24) is 15.1 Å². The summed E-state index contributed by atoms with van der Waals surface area (Å²) in [6.07, 6.45) is 1.77. The van der Waals surface area contributed by atoms with E-state index in [0.717, 1.165) is 25.3 Å². The maximum atomic E-state index is 5.83. The van der Waals surface area contributed by atoms with E-state index in [-0.39, 0.29) is 0 Å². The summed E-state index contributed by atoms with van der Waals surface area (Å²) in [6.45, 7) is 5.37. The van der Waals surface area contributed by atoms with Gasteiger partial charge in [-0.05, 0) is 14.0 Å². The molecular formula is C10H15ClN4. The normalized spacial score (nSPS) is 23.1. The average molecular weight is 227 g/mol. The van der Waals surface area contributed by atoms with Crippen LogP contribution in [0.4, 0.5) is 5.69 Å². The molecule has 2 rings (SSSR count). The molecule has 1 aromatic heterocycles. The summed E-state index contributed by atoms with van der Waals surface area (Å²) < 4.78 is 0. The zero-order chi connectivity index (χ0) is 10.8. The van der Waals surface area contributed by atoms with E-state index in [1.807, 2.05) is 6.07 Å². The number of anilines is 1. The fraction of sp³-hybridized carbons (Fsp3) is 0.600. The number of hydrogen-bond donors (Lipinski definition) is 0. The van der Waals surface area contributed by atoms with E-state index in [0.29, 0.717) is 11.2 Å². The second-order valence-corrected chi connectivity index (χ2v) is 4.43. The van der Waals surface area contributed by atoms with Gasteiger partial charge in [0.15, 0.2) is 5.15 Å². The van der Waals surface area contributed by atoms with Crippen molar-refractivity contribution in [1.29, 1.82) is 0 Å². The lowest BCUT2D eigenvalue weighted by Crippen LogP contribution is -2.50. The number of piperazine rings is 1. The number of aromatic nitrogens is 2. The summed E-state index contributed by atoms with van der Waals surface area (Å²) in [6, 6.07) is 2.36. The smallest absolute Gasteiger partial charge is 0.153 e. The highest BCUT2D eigenvalue weighted by molar-refractivity contribution is 6.29. The highest BCUT2D eigenvalue weighted by Gasteiger charge is 2.21. The Kier molecular flexibility index (Phi) is 3.07. The number of likely N-dealkylation sites (N-methyl/N-ethyl adjacent to an activating group) is 1. The first-order valence-corrected chi connectivity index (χ1v) is 5.48. The van der Waals surface area contributed by atoms with Crippen LogP contribution < -0.4 is 4.90 Å². The van der Waals surface area contributed by atoms with Gasteiger partial charge in [-0.3, -0.25) is 0 Å². The monoisotopic (exact) mass is 226 g/mol. The predicted octanol–water partition coefficient (Wildman–Crippen LogP) is 1.27. The molecule has 0 bridgehead atoms. The lowest BCUT2D eigenvalue weighted by molar-refractivity contribution is 0.275. The molecule has 0 aliphatic carbocycles. The lowest BCUT2D eigenvalue weighted by atomic mass is 10.2. The molecule has 82 valence electrons. The van der Waals surface area contributed by atoms with Crippen molar-refractivity contribution < 1.29 is 0 Å². The van der Waals surface area contributed by atoms with Crippen LogP contribution in [0, 0.1) is 0 Å². The first-order valence-electron chi connectivity index (χ1n) is 5.10. The van der Waals surface area contributed by atoms with E-state index in [1.165, 1.54) is 0 Å². The van der Waals surface area contributed by atoms with E-state index in [4.69, 9.17) is 11.6 Å². The Balaban J connectivity index is 2.17. The van der Waals surface area contributed by atoms with Gasteiger partial charge in [-0.15, -0.1) is 5.10 Å². The van der Waals surface area contributed by atoms with E-state index < -0.39 is 0 Å². The van der Waals surface area contributed by atoms with Crippen LogP contribution in [-0.2, 0) is 0 Å². The maximum Gasteiger partial charge on any atom is 0.153 e. The SMILES string of the molecule is CC1CN(C)CCN1c1cnnc(Cl)c1. The van der Waals surface area contributed by atoms with Crippen molar-refractivity contribution in [2.24, 2.45) is 0 Å². The minimum Gasteiger partial charge on any atom is -0.365 e. The van der Waals surface area contributed by atoms with Crippen molar-refractivity contribution in [2.45, 2.75) is 13.0 Å². The van der Waals surface area contributed by atoms with Crippen LogP contribution in [-0.4, -0.2) is 47.8 Å². The number of hydrogen-bond acceptors (Lipinski definition) is 4. The second kappa shape index (κ2) is 4.33. The molecule has 0 aromatic carbocycles. The zero-order valence-electron chi connectivity index (χ0n) is 9.02. The van der Waals surface area contributed by atoms with Crippen LogP contribution in [0.5, 0.6) is 0 Å². The van der Waals surface area contributed by atoms with Crippen LogP contribution in [0.2, 0.25) is 5.15 Å². The molecule has 0 amide bonds. The average Bonchev–Trinajstić information content (AvgIpc) is 2.17. The lowest BCUT2D eigenvalue weighted by Gasteiger charge is -2.39. The summed E-state index contributed by atoms with van der Waals surface area (Å²) in [5, 5.41) is 8.09. The second-order valence-electron chi connectivity index (χ2n) is 4.04. The molecule has 1 atom stereocenters. The third-order valence-corrected chi connectivity index (χ3v) is 2.96. The first-order chi connectivity index (χ1) is 7.16. The highest BCUT2D eigenvalue weighted by atomic mass is 35.5. The standard InChI is InChI=1S/C10H15ClN4/c1-8-7-14(2)3-4-15(8)9-5-10(11)13-12-6-9/h5-6,8H,3-4,7H2,1-2H3. The highest BCUT2D eigenvalue weighted by Crippen LogP contribution is 2.20. The van der Waals surface area contributed by atoms with Gasteiger partial charge < -0.3 is 9.80 Å². The van der Waals surface area contributed by atoms with Gasteiger partial charge in [0.1, 0.15) is 0 Å². The predicted molar refractivity (Wildman–Crippen MR) is 61.3 cm³/mol. The summed E-state index contributed by atoms with van der Waals surface area (Å²) in [5.74, 6) is 0. The van der Waals surface area contributed by atoms with Crippen LogP contribution in [0.3, 0.4) is 0 Å². The minimum atomic E-state index is 0.457. The van der Waals surface area contributed by atoms with Gasteiger partial charge in [0.05, 0.1) is 11.9 Å². The zero-order valence-corrected chi connectivity index (χ0v) is 9.78. The van der Waals surface area contributed by atoms with Crippen molar-refractivity contribution in [3.05, 3.63) is 17.4 Å². The molecule has 4 nitrogen and oxygen atoms in total. The van der Waals surface area contributed by atoms with Crippen molar-refractivity contribution >= 4 is 17.3 Å². The van der Waals surface area contributed by atoms with E-state index >= 15 is 0 Å². The largest absolute Gasteiger partial charge is 0.365 e. The van der Waals surface area contributed by atoms with Gasteiger partial charge in [-0.1, -0.05) is 11.6 Å². The molecule has 1 aromatic rings.